The van der Waals surface area contributed by atoms with E-state index in [4.69, 9.17) is 20.9 Å². The van der Waals surface area contributed by atoms with Gasteiger partial charge in [-0.2, -0.15) is 0 Å². The fourth-order valence-electron chi connectivity index (χ4n) is 4.16. The van der Waals surface area contributed by atoms with Gasteiger partial charge in [0.2, 0.25) is 0 Å². The Morgan fingerprint density at radius 2 is 1.68 bits per heavy atom. The molecule has 0 bridgehead atoms. The van der Waals surface area contributed by atoms with Gasteiger partial charge in [0.1, 0.15) is 11.8 Å². The quantitative estimate of drug-likeness (QED) is 0.209. The molecule has 0 saturated heterocycles. The highest BCUT2D eigenvalue weighted by atomic mass is 35.5. The van der Waals surface area contributed by atoms with Gasteiger partial charge in [-0.05, 0) is 86.8 Å². The van der Waals surface area contributed by atoms with Gasteiger partial charge >= 0.3 is 12.0 Å². The number of esters is 1. The standard InChI is InChI=1S/C30H29ClN4O5/c1-5-39-29(37)20-10-13-23(14-11-20)33-30(38)34-27(28(36)32-24-12-9-17(2)25(31)16-24)22-8-6-7-21(15-22)26-18(3)35-40-19(26)4/h6-16,27H,5H2,1-4H3,(H,32,36)(H2,33,34,38). The summed E-state index contributed by atoms with van der Waals surface area (Å²) in [6, 6.07) is 17.0. The highest BCUT2D eigenvalue weighted by molar-refractivity contribution is 6.31. The summed E-state index contributed by atoms with van der Waals surface area (Å²) in [4.78, 5) is 38.5. The molecule has 3 N–H and O–H groups in total. The molecule has 9 nitrogen and oxygen atoms in total. The molecule has 0 aliphatic heterocycles. The Labute approximate surface area is 236 Å². The van der Waals surface area contributed by atoms with E-state index < -0.39 is 23.9 Å². The van der Waals surface area contributed by atoms with Crippen molar-refractivity contribution in [1.82, 2.24) is 10.5 Å². The van der Waals surface area contributed by atoms with Crippen molar-refractivity contribution in [1.29, 1.82) is 0 Å². The van der Waals surface area contributed by atoms with Crippen LogP contribution in [-0.4, -0.2) is 29.7 Å². The third kappa shape index (κ3) is 6.68. The molecule has 1 heterocycles. The normalized spacial score (nSPS) is 11.4. The monoisotopic (exact) mass is 560 g/mol. The smallest absolute Gasteiger partial charge is 0.338 e. The van der Waals surface area contributed by atoms with Gasteiger partial charge < -0.3 is 25.2 Å². The summed E-state index contributed by atoms with van der Waals surface area (Å²) in [6.45, 7) is 7.50. The molecular formula is C30H29ClN4O5. The fourth-order valence-corrected chi connectivity index (χ4v) is 4.34. The second-order valence-corrected chi connectivity index (χ2v) is 9.51. The molecule has 206 valence electrons. The van der Waals surface area contributed by atoms with Gasteiger partial charge in [-0.15, -0.1) is 0 Å². The molecule has 4 rings (SSSR count). The maximum atomic E-state index is 13.5. The molecular weight excluding hydrogens is 532 g/mol. The number of aromatic nitrogens is 1. The van der Waals surface area contributed by atoms with Crippen LogP contribution in [0.3, 0.4) is 0 Å². The number of nitrogens with one attached hydrogen (secondary N) is 3. The van der Waals surface area contributed by atoms with E-state index in [0.717, 1.165) is 16.7 Å². The topological polar surface area (TPSA) is 123 Å². The lowest BCUT2D eigenvalue weighted by Gasteiger charge is -2.20. The maximum Gasteiger partial charge on any atom is 0.338 e. The number of benzene rings is 3. The summed E-state index contributed by atoms with van der Waals surface area (Å²) in [5.74, 6) is -0.282. The van der Waals surface area contributed by atoms with Crippen LogP contribution in [0.25, 0.3) is 11.1 Å². The fraction of sp³-hybridized carbons (Fsp3) is 0.200. The first-order valence-corrected chi connectivity index (χ1v) is 13.0. The van der Waals surface area contributed by atoms with E-state index in [1.165, 1.54) is 0 Å². The van der Waals surface area contributed by atoms with Crippen LogP contribution in [0.2, 0.25) is 5.02 Å². The van der Waals surface area contributed by atoms with Crippen LogP contribution in [0.15, 0.2) is 71.3 Å². The predicted octanol–water partition coefficient (Wildman–Crippen LogP) is 6.60. The van der Waals surface area contributed by atoms with Gasteiger partial charge in [0, 0.05) is 22.0 Å². The summed E-state index contributed by atoms with van der Waals surface area (Å²) >= 11 is 6.25. The Morgan fingerprint density at radius 3 is 2.33 bits per heavy atom. The minimum absolute atomic E-state index is 0.261. The number of nitrogens with zero attached hydrogens (tertiary/aromatic N) is 1. The molecule has 0 fully saturated rings. The highest BCUT2D eigenvalue weighted by Crippen LogP contribution is 2.30. The minimum Gasteiger partial charge on any atom is -0.462 e. The van der Waals surface area contributed by atoms with E-state index in [1.54, 1.807) is 61.5 Å². The molecule has 0 radical (unpaired) electrons. The summed E-state index contributed by atoms with van der Waals surface area (Å²) in [7, 11) is 0. The molecule has 3 amide bonds. The van der Waals surface area contributed by atoms with Gasteiger partial charge in [0.05, 0.1) is 17.9 Å². The zero-order valence-electron chi connectivity index (χ0n) is 22.5. The molecule has 0 saturated carbocycles. The number of halogens is 1. The summed E-state index contributed by atoms with van der Waals surface area (Å²) in [6.07, 6.45) is 0. The average Bonchev–Trinajstić information content (AvgIpc) is 3.27. The van der Waals surface area contributed by atoms with Crippen molar-refractivity contribution in [3.63, 3.8) is 0 Å². The number of anilines is 2. The van der Waals surface area contributed by atoms with E-state index in [-0.39, 0.29) is 6.61 Å². The highest BCUT2D eigenvalue weighted by Gasteiger charge is 2.25. The first kappa shape index (κ1) is 28.4. The minimum atomic E-state index is -1.07. The van der Waals surface area contributed by atoms with Crippen LogP contribution in [-0.2, 0) is 9.53 Å². The first-order chi connectivity index (χ1) is 19.2. The van der Waals surface area contributed by atoms with Gasteiger partial charge in [0.25, 0.3) is 5.91 Å². The Morgan fingerprint density at radius 1 is 0.950 bits per heavy atom. The van der Waals surface area contributed by atoms with Crippen LogP contribution < -0.4 is 16.0 Å². The number of carbonyl (C=O) groups is 3. The second-order valence-electron chi connectivity index (χ2n) is 9.11. The largest absolute Gasteiger partial charge is 0.462 e. The average molecular weight is 561 g/mol. The molecule has 40 heavy (non-hydrogen) atoms. The summed E-state index contributed by atoms with van der Waals surface area (Å²) in [5.41, 5.74) is 5.01. The van der Waals surface area contributed by atoms with E-state index in [1.807, 2.05) is 32.9 Å². The van der Waals surface area contributed by atoms with E-state index in [2.05, 4.69) is 21.1 Å². The Bertz CT molecular complexity index is 1530. The van der Waals surface area contributed by atoms with Crippen LogP contribution in [0.1, 0.15) is 45.9 Å². The van der Waals surface area contributed by atoms with Gasteiger partial charge in [-0.3, -0.25) is 4.79 Å². The number of urea groups is 1. The van der Waals surface area contributed by atoms with Crippen molar-refractivity contribution < 1.29 is 23.6 Å². The van der Waals surface area contributed by atoms with Crippen molar-refractivity contribution in [2.24, 2.45) is 0 Å². The SMILES string of the molecule is CCOC(=O)c1ccc(NC(=O)NC(C(=O)Nc2ccc(C)c(Cl)c2)c2cccc(-c3c(C)noc3C)c2)cc1. The van der Waals surface area contributed by atoms with Crippen molar-refractivity contribution in [3.8, 4) is 11.1 Å². The molecule has 1 unspecified atom stereocenters. The molecule has 0 spiro atoms. The van der Waals surface area contributed by atoms with Gasteiger partial charge in [-0.1, -0.05) is 41.0 Å². The van der Waals surface area contributed by atoms with Crippen LogP contribution >= 0.6 is 11.6 Å². The van der Waals surface area contributed by atoms with Crippen molar-refractivity contribution in [2.75, 3.05) is 17.2 Å². The Hall–Kier alpha value is -4.63. The zero-order chi connectivity index (χ0) is 28.8. The number of aryl methyl sites for hydroxylation is 3. The van der Waals surface area contributed by atoms with E-state index >= 15 is 0 Å². The Kier molecular flexibility index (Phi) is 8.86. The van der Waals surface area contributed by atoms with Crippen molar-refractivity contribution in [3.05, 3.63) is 99.9 Å². The van der Waals surface area contributed by atoms with Crippen LogP contribution in [0, 0.1) is 20.8 Å². The second kappa shape index (κ2) is 12.5. The third-order valence-electron chi connectivity index (χ3n) is 6.17. The van der Waals surface area contributed by atoms with E-state index in [0.29, 0.717) is 39.0 Å². The molecule has 1 aromatic heterocycles. The Balaban J connectivity index is 1.60. The molecule has 3 aromatic carbocycles. The lowest BCUT2D eigenvalue weighted by atomic mass is 9.98. The van der Waals surface area contributed by atoms with Gasteiger partial charge in [0.15, 0.2) is 0 Å². The summed E-state index contributed by atoms with van der Waals surface area (Å²) in [5, 5.41) is 12.8. The molecule has 0 aliphatic carbocycles. The third-order valence-corrected chi connectivity index (χ3v) is 6.58. The number of rotatable bonds is 8. The molecule has 0 aliphatic rings. The maximum absolute atomic E-state index is 13.5. The summed E-state index contributed by atoms with van der Waals surface area (Å²) < 4.78 is 10.3. The number of ether oxygens (including phenoxy) is 1. The number of carbonyl (C=O) groups excluding carboxylic acids is 3. The lowest BCUT2D eigenvalue weighted by molar-refractivity contribution is -0.118. The molecule has 4 aromatic rings. The zero-order valence-corrected chi connectivity index (χ0v) is 23.3. The number of hydrogen-bond acceptors (Lipinski definition) is 6. The predicted molar refractivity (Wildman–Crippen MR) is 154 cm³/mol. The van der Waals surface area contributed by atoms with Gasteiger partial charge in [-0.25, -0.2) is 9.59 Å². The van der Waals surface area contributed by atoms with Crippen molar-refractivity contribution in [2.45, 2.75) is 33.7 Å². The van der Waals surface area contributed by atoms with Crippen molar-refractivity contribution >= 4 is 40.9 Å². The van der Waals surface area contributed by atoms with E-state index in [9.17, 15) is 14.4 Å². The first-order valence-electron chi connectivity index (χ1n) is 12.6. The number of hydrogen-bond donors (Lipinski definition) is 3. The lowest BCUT2D eigenvalue weighted by Crippen LogP contribution is -2.39. The van der Waals surface area contributed by atoms with Crippen LogP contribution in [0.4, 0.5) is 16.2 Å². The van der Waals surface area contributed by atoms with Crippen LogP contribution in [0.5, 0.6) is 0 Å². The number of amides is 3. The molecule has 1 atom stereocenters. The molecule has 10 heteroatoms.